The highest BCUT2D eigenvalue weighted by atomic mass is 16.5. The van der Waals surface area contributed by atoms with Gasteiger partial charge in [-0.1, -0.05) is 13.8 Å². The Hall–Kier alpha value is -1.07. The van der Waals surface area contributed by atoms with Crippen molar-refractivity contribution in [1.82, 2.24) is 15.1 Å². The minimum absolute atomic E-state index is 0.123. The SMILES string of the molecule is CCNC(c1c(OC)cnn1C(C)C)C1OCCC1C. The van der Waals surface area contributed by atoms with E-state index in [1.165, 1.54) is 0 Å². The molecule has 1 fully saturated rings. The topological polar surface area (TPSA) is 48.3 Å². The van der Waals surface area contributed by atoms with E-state index in [2.05, 4.69) is 38.1 Å². The molecular weight excluding hydrogens is 254 g/mol. The molecule has 3 atom stereocenters. The molecule has 1 saturated heterocycles. The normalized spacial score (nSPS) is 24.3. The van der Waals surface area contributed by atoms with Crippen LogP contribution in [0.4, 0.5) is 0 Å². The Balaban J connectivity index is 2.39. The fourth-order valence-corrected chi connectivity index (χ4v) is 2.95. The highest BCUT2D eigenvalue weighted by Crippen LogP contribution is 2.36. The Morgan fingerprint density at radius 2 is 2.30 bits per heavy atom. The van der Waals surface area contributed by atoms with Crippen LogP contribution in [-0.2, 0) is 4.74 Å². The molecule has 20 heavy (non-hydrogen) atoms. The van der Waals surface area contributed by atoms with Crippen LogP contribution in [0.2, 0.25) is 0 Å². The van der Waals surface area contributed by atoms with E-state index in [1.54, 1.807) is 13.3 Å². The van der Waals surface area contributed by atoms with Crippen LogP contribution >= 0.6 is 0 Å². The predicted octanol–water partition coefficient (Wildman–Crippen LogP) is 2.55. The van der Waals surface area contributed by atoms with E-state index in [0.29, 0.717) is 12.0 Å². The first-order valence-corrected chi connectivity index (χ1v) is 7.56. The van der Waals surface area contributed by atoms with E-state index in [4.69, 9.17) is 9.47 Å². The Morgan fingerprint density at radius 3 is 2.80 bits per heavy atom. The summed E-state index contributed by atoms with van der Waals surface area (Å²) in [6, 6.07) is 0.420. The van der Waals surface area contributed by atoms with Crippen molar-refractivity contribution in [2.75, 3.05) is 20.3 Å². The van der Waals surface area contributed by atoms with E-state index < -0.39 is 0 Å². The van der Waals surface area contributed by atoms with E-state index in [-0.39, 0.29) is 12.1 Å². The number of hydrogen-bond acceptors (Lipinski definition) is 4. The maximum absolute atomic E-state index is 5.98. The zero-order valence-corrected chi connectivity index (χ0v) is 13.2. The Kier molecular flexibility index (Phi) is 5.05. The van der Waals surface area contributed by atoms with Gasteiger partial charge in [0.1, 0.15) is 5.69 Å². The van der Waals surface area contributed by atoms with Crippen molar-refractivity contribution in [3.05, 3.63) is 11.9 Å². The summed E-state index contributed by atoms with van der Waals surface area (Å²) in [4.78, 5) is 0. The third kappa shape index (κ3) is 2.83. The summed E-state index contributed by atoms with van der Waals surface area (Å²) in [5.74, 6) is 1.38. The molecule has 1 aliphatic rings. The molecule has 0 bridgehead atoms. The highest BCUT2D eigenvalue weighted by molar-refractivity contribution is 5.30. The fraction of sp³-hybridized carbons (Fsp3) is 0.800. The van der Waals surface area contributed by atoms with Gasteiger partial charge < -0.3 is 14.8 Å². The van der Waals surface area contributed by atoms with Gasteiger partial charge in [-0.25, -0.2) is 0 Å². The van der Waals surface area contributed by atoms with Crippen LogP contribution in [0.5, 0.6) is 5.75 Å². The number of nitrogens with zero attached hydrogens (tertiary/aromatic N) is 2. The minimum Gasteiger partial charge on any atom is -0.493 e. The maximum atomic E-state index is 5.98. The third-order valence-corrected chi connectivity index (χ3v) is 4.00. The van der Waals surface area contributed by atoms with Gasteiger partial charge >= 0.3 is 0 Å². The second-order valence-corrected chi connectivity index (χ2v) is 5.77. The van der Waals surface area contributed by atoms with E-state index >= 15 is 0 Å². The van der Waals surface area contributed by atoms with Gasteiger partial charge in [-0.15, -0.1) is 0 Å². The van der Waals surface area contributed by atoms with Crippen LogP contribution in [0.1, 0.15) is 51.9 Å². The lowest BCUT2D eigenvalue weighted by Crippen LogP contribution is -2.36. The molecular formula is C15H27N3O2. The Bertz CT molecular complexity index is 431. The van der Waals surface area contributed by atoms with Crippen LogP contribution in [-0.4, -0.2) is 36.1 Å². The number of likely N-dealkylation sites (N-methyl/N-ethyl adjacent to an activating group) is 1. The molecule has 1 N–H and O–H groups in total. The van der Waals surface area contributed by atoms with Crippen molar-refractivity contribution in [3.8, 4) is 5.75 Å². The molecule has 3 unspecified atom stereocenters. The molecule has 2 heterocycles. The number of hydrogen-bond donors (Lipinski definition) is 1. The van der Waals surface area contributed by atoms with Gasteiger partial charge in [-0.3, -0.25) is 4.68 Å². The lowest BCUT2D eigenvalue weighted by Gasteiger charge is -2.29. The fourth-order valence-electron chi connectivity index (χ4n) is 2.95. The minimum atomic E-state index is 0.123. The van der Waals surface area contributed by atoms with Gasteiger partial charge in [0.05, 0.1) is 25.5 Å². The van der Waals surface area contributed by atoms with Crippen molar-refractivity contribution in [2.45, 2.75) is 52.3 Å². The molecule has 0 spiro atoms. The average Bonchev–Trinajstić information content (AvgIpc) is 3.02. The summed E-state index contributed by atoms with van der Waals surface area (Å²) in [5, 5.41) is 8.04. The number of aromatic nitrogens is 2. The summed E-state index contributed by atoms with van der Waals surface area (Å²) in [6.07, 6.45) is 3.10. The average molecular weight is 281 g/mol. The van der Waals surface area contributed by atoms with Crippen molar-refractivity contribution < 1.29 is 9.47 Å². The first-order chi connectivity index (χ1) is 9.60. The number of rotatable bonds is 6. The molecule has 0 aliphatic carbocycles. The maximum Gasteiger partial charge on any atom is 0.161 e. The van der Waals surface area contributed by atoms with Crippen LogP contribution in [0.25, 0.3) is 0 Å². The first-order valence-electron chi connectivity index (χ1n) is 7.56. The highest BCUT2D eigenvalue weighted by Gasteiger charge is 2.36. The van der Waals surface area contributed by atoms with Gasteiger partial charge in [0, 0.05) is 12.6 Å². The van der Waals surface area contributed by atoms with Crippen LogP contribution in [0.3, 0.4) is 0 Å². The Morgan fingerprint density at radius 1 is 1.55 bits per heavy atom. The lowest BCUT2D eigenvalue weighted by molar-refractivity contribution is 0.0572. The largest absolute Gasteiger partial charge is 0.493 e. The molecule has 114 valence electrons. The van der Waals surface area contributed by atoms with Crippen molar-refractivity contribution in [1.29, 1.82) is 0 Å². The summed E-state index contributed by atoms with van der Waals surface area (Å²) in [5.41, 5.74) is 1.10. The number of ether oxygens (including phenoxy) is 2. The van der Waals surface area contributed by atoms with Gasteiger partial charge in [-0.05, 0) is 32.7 Å². The zero-order chi connectivity index (χ0) is 14.7. The van der Waals surface area contributed by atoms with Crippen molar-refractivity contribution >= 4 is 0 Å². The molecule has 5 heteroatoms. The standard InChI is InChI=1S/C15H27N3O2/c1-6-16-13(15-11(4)7-8-20-15)14-12(19-5)9-17-18(14)10(2)3/h9-11,13,15-16H,6-8H2,1-5H3. The summed E-state index contributed by atoms with van der Waals surface area (Å²) >= 11 is 0. The molecule has 1 aromatic rings. The molecule has 2 rings (SSSR count). The van der Waals surface area contributed by atoms with Crippen LogP contribution in [0, 0.1) is 5.92 Å². The predicted molar refractivity (Wildman–Crippen MR) is 79.1 cm³/mol. The van der Waals surface area contributed by atoms with Gasteiger partial charge in [0.15, 0.2) is 5.75 Å². The quantitative estimate of drug-likeness (QED) is 0.870. The molecule has 0 radical (unpaired) electrons. The second kappa shape index (κ2) is 6.59. The van der Waals surface area contributed by atoms with E-state index in [1.807, 2.05) is 4.68 Å². The van der Waals surface area contributed by atoms with E-state index in [9.17, 15) is 0 Å². The molecule has 0 aromatic carbocycles. The van der Waals surface area contributed by atoms with Gasteiger partial charge in [0.25, 0.3) is 0 Å². The molecule has 0 amide bonds. The van der Waals surface area contributed by atoms with Crippen LogP contribution in [0.15, 0.2) is 6.20 Å². The molecule has 5 nitrogen and oxygen atoms in total. The summed E-state index contributed by atoms with van der Waals surface area (Å²) < 4.78 is 13.5. The molecule has 0 saturated carbocycles. The third-order valence-electron chi connectivity index (χ3n) is 4.00. The zero-order valence-electron chi connectivity index (χ0n) is 13.2. The van der Waals surface area contributed by atoms with Crippen molar-refractivity contribution in [2.24, 2.45) is 5.92 Å². The first kappa shape index (κ1) is 15.3. The van der Waals surface area contributed by atoms with Crippen molar-refractivity contribution in [3.63, 3.8) is 0 Å². The molecule has 1 aromatic heterocycles. The van der Waals surface area contributed by atoms with Gasteiger partial charge in [0.2, 0.25) is 0 Å². The van der Waals surface area contributed by atoms with Gasteiger partial charge in [-0.2, -0.15) is 5.10 Å². The summed E-state index contributed by atoms with van der Waals surface area (Å²) in [7, 11) is 1.70. The lowest BCUT2D eigenvalue weighted by atomic mass is 9.95. The Labute approximate surface area is 121 Å². The smallest absolute Gasteiger partial charge is 0.161 e. The molecule has 1 aliphatic heterocycles. The van der Waals surface area contributed by atoms with Crippen LogP contribution < -0.4 is 10.1 Å². The van der Waals surface area contributed by atoms with E-state index in [0.717, 1.165) is 31.0 Å². The number of nitrogens with one attached hydrogen (secondary N) is 1. The number of methoxy groups -OCH3 is 1. The second-order valence-electron chi connectivity index (χ2n) is 5.77. The summed E-state index contributed by atoms with van der Waals surface area (Å²) in [6.45, 7) is 10.4. The monoisotopic (exact) mass is 281 g/mol.